The van der Waals surface area contributed by atoms with Crippen molar-refractivity contribution in [2.75, 3.05) is 5.73 Å². The Morgan fingerprint density at radius 1 is 0.968 bits per heavy atom. The Morgan fingerprint density at radius 2 is 1.77 bits per heavy atom. The van der Waals surface area contributed by atoms with Crippen LogP contribution in [0.1, 0.15) is 31.0 Å². The highest BCUT2D eigenvalue weighted by atomic mass is 19.1. The fourth-order valence-electron chi connectivity index (χ4n) is 4.20. The Labute approximate surface area is 177 Å². The molecule has 0 atom stereocenters. The number of nitrogens with zero attached hydrogens (tertiary/aromatic N) is 5. The minimum absolute atomic E-state index is 0.286. The molecule has 31 heavy (non-hydrogen) atoms. The molecule has 0 unspecified atom stereocenters. The van der Waals surface area contributed by atoms with Crippen LogP contribution in [0.5, 0.6) is 0 Å². The van der Waals surface area contributed by atoms with Crippen molar-refractivity contribution in [3.05, 3.63) is 72.6 Å². The van der Waals surface area contributed by atoms with Crippen LogP contribution >= 0.6 is 0 Å². The van der Waals surface area contributed by atoms with Gasteiger partial charge >= 0.3 is 0 Å². The molecule has 6 nitrogen and oxygen atoms in total. The highest BCUT2D eigenvalue weighted by molar-refractivity contribution is 5.91. The summed E-state index contributed by atoms with van der Waals surface area (Å²) in [5, 5.41) is 5.09. The van der Waals surface area contributed by atoms with Gasteiger partial charge in [-0.1, -0.05) is 48.9 Å². The largest absolute Gasteiger partial charge is 0.382 e. The van der Waals surface area contributed by atoms with Gasteiger partial charge in [0.05, 0.1) is 5.69 Å². The molecule has 1 aliphatic rings. The van der Waals surface area contributed by atoms with Gasteiger partial charge in [-0.2, -0.15) is 5.10 Å². The number of anilines is 1. The second kappa shape index (κ2) is 6.84. The molecule has 0 bridgehead atoms. The molecule has 0 amide bonds. The molecular formula is C24H19FN6. The predicted octanol–water partition coefficient (Wildman–Crippen LogP) is 5.00. The number of aromatic nitrogens is 5. The molecule has 1 fully saturated rings. The third-order valence-electron chi connectivity index (χ3n) is 6.08. The average Bonchev–Trinajstić information content (AvgIpc) is 3.13. The number of hydrogen-bond donors (Lipinski definition) is 1. The van der Waals surface area contributed by atoms with Gasteiger partial charge in [0, 0.05) is 22.4 Å². The molecule has 7 heteroatoms. The number of benzene rings is 2. The van der Waals surface area contributed by atoms with Gasteiger partial charge in [0.15, 0.2) is 11.6 Å². The van der Waals surface area contributed by atoms with Gasteiger partial charge < -0.3 is 5.73 Å². The molecule has 3 heterocycles. The zero-order valence-electron chi connectivity index (χ0n) is 16.7. The van der Waals surface area contributed by atoms with Crippen molar-refractivity contribution >= 4 is 22.2 Å². The van der Waals surface area contributed by atoms with Crippen LogP contribution in [0.2, 0.25) is 0 Å². The van der Waals surface area contributed by atoms with E-state index in [1.165, 1.54) is 6.33 Å². The molecule has 3 aromatic heterocycles. The van der Waals surface area contributed by atoms with E-state index in [-0.39, 0.29) is 5.82 Å². The first-order valence-corrected chi connectivity index (χ1v) is 10.3. The van der Waals surface area contributed by atoms with E-state index in [2.05, 4.69) is 15.1 Å². The van der Waals surface area contributed by atoms with Crippen LogP contribution in [-0.2, 0) is 0 Å². The van der Waals surface area contributed by atoms with Crippen molar-refractivity contribution in [2.45, 2.75) is 25.2 Å². The smallest absolute Gasteiger partial charge is 0.158 e. The van der Waals surface area contributed by atoms with Gasteiger partial charge in [-0.05, 0) is 25.0 Å². The number of nitrogen functional groups attached to an aromatic ring is 1. The van der Waals surface area contributed by atoms with Gasteiger partial charge in [-0.15, -0.1) is 0 Å². The molecule has 2 aromatic carbocycles. The summed E-state index contributed by atoms with van der Waals surface area (Å²) in [4.78, 5) is 13.6. The quantitative estimate of drug-likeness (QED) is 0.453. The van der Waals surface area contributed by atoms with Crippen molar-refractivity contribution in [1.29, 1.82) is 0 Å². The SMILES string of the molecule is Nc1ncnn2c(C3CCC3)nc(-c3ccc4ccc(-c5ccccc5)nc4c3F)c12. The molecule has 6 rings (SSSR count). The molecule has 0 aliphatic heterocycles. The molecule has 5 aromatic rings. The fourth-order valence-corrected chi connectivity index (χ4v) is 4.20. The van der Waals surface area contributed by atoms with Crippen molar-refractivity contribution in [2.24, 2.45) is 0 Å². The summed E-state index contributed by atoms with van der Waals surface area (Å²) in [5.74, 6) is 0.991. The van der Waals surface area contributed by atoms with Gasteiger partial charge in [0.25, 0.3) is 0 Å². The number of halogens is 1. The molecule has 0 spiro atoms. The number of fused-ring (bicyclic) bond motifs is 2. The Kier molecular flexibility index (Phi) is 3.96. The van der Waals surface area contributed by atoms with Gasteiger partial charge in [0.1, 0.15) is 28.9 Å². The normalized spacial score (nSPS) is 14.2. The fraction of sp³-hybridized carbons (Fsp3) is 0.167. The van der Waals surface area contributed by atoms with Crippen molar-refractivity contribution in [1.82, 2.24) is 24.6 Å². The molecule has 0 saturated heterocycles. The third-order valence-corrected chi connectivity index (χ3v) is 6.08. The summed E-state index contributed by atoms with van der Waals surface area (Å²) in [6.45, 7) is 0. The summed E-state index contributed by atoms with van der Waals surface area (Å²) in [7, 11) is 0. The van der Waals surface area contributed by atoms with Crippen molar-refractivity contribution in [3.8, 4) is 22.5 Å². The van der Waals surface area contributed by atoms with Crippen LogP contribution in [0.3, 0.4) is 0 Å². The lowest BCUT2D eigenvalue weighted by Crippen LogP contribution is -2.14. The second-order valence-corrected chi connectivity index (χ2v) is 7.91. The summed E-state index contributed by atoms with van der Waals surface area (Å²) in [5.41, 5.74) is 9.51. The predicted molar refractivity (Wildman–Crippen MR) is 118 cm³/mol. The summed E-state index contributed by atoms with van der Waals surface area (Å²) < 4.78 is 17.5. The van der Waals surface area contributed by atoms with Crippen LogP contribution in [0, 0.1) is 5.82 Å². The average molecular weight is 410 g/mol. The van der Waals surface area contributed by atoms with Crippen LogP contribution in [0.25, 0.3) is 38.9 Å². The summed E-state index contributed by atoms with van der Waals surface area (Å²) in [6, 6.07) is 17.1. The van der Waals surface area contributed by atoms with E-state index in [0.717, 1.165) is 41.7 Å². The maximum atomic E-state index is 15.8. The van der Waals surface area contributed by atoms with Crippen molar-refractivity contribution < 1.29 is 4.39 Å². The van der Waals surface area contributed by atoms with E-state index in [4.69, 9.17) is 10.7 Å². The third kappa shape index (κ3) is 2.77. The maximum Gasteiger partial charge on any atom is 0.158 e. The number of rotatable bonds is 3. The van der Waals surface area contributed by atoms with Gasteiger partial charge in [-0.25, -0.2) is 23.9 Å². The van der Waals surface area contributed by atoms with Crippen LogP contribution in [0.4, 0.5) is 10.2 Å². The van der Waals surface area contributed by atoms with Crippen LogP contribution in [0.15, 0.2) is 60.9 Å². The van der Waals surface area contributed by atoms with E-state index in [0.29, 0.717) is 28.2 Å². The molecule has 152 valence electrons. The topological polar surface area (TPSA) is 82.0 Å². The first-order chi connectivity index (χ1) is 15.2. The molecule has 0 radical (unpaired) electrons. The number of nitrogens with two attached hydrogens (primary N) is 1. The minimum Gasteiger partial charge on any atom is -0.382 e. The van der Waals surface area contributed by atoms with E-state index in [9.17, 15) is 0 Å². The number of imidazole rings is 1. The lowest BCUT2D eigenvalue weighted by molar-refractivity contribution is 0.396. The minimum atomic E-state index is -0.418. The zero-order valence-corrected chi connectivity index (χ0v) is 16.7. The van der Waals surface area contributed by atoms with Crippen LogP contribution in [-0.4, -0.2) is 24.6 Å². The van der Waals surface area contributed by atoms with E-state index in [1.54, 1.807) is 10.6 Å². The first kappa shape index (κ1) is 17.9. The molecule has 1 saturated carbocycles. The highest BCUT2D eigenvalue weighted by Gasteiger charge is 2.28. The maximum absolute atomic E-state index is 15.8. The van der Waals surface area contributed by atoms with Crippen molar-refractivity contribution in [3.63, 3.8) is 0 Å². The zero-order chi connectivity index (χ0) is 20.9. The molecular weight excluding hydrogens is 391 g/mol. The number of pyridine rings is 1. The highest BCUT2D eigenvalue weighted by Crippen LogP contribution is 2.40. The van der Waals surface area contributed by atoms with Crippen LogP contribution < -0.4 is 5.73 Å². The second-order valence-electron chi connectivity index (χ2n) is 7.91. The Balaban J connectivity index is 1.58. The standard InChI is InChI=1S/C24H19FN6/c25-19-17(11-9-15-10-12-18(29-20(15)19)14-5-2-1-3-6-14)21-22-23(26)27-13-28-31(22)24(30-21)16-7-4-8-16/h1-3,5-6,9-13,16H,4,7-8H2,(H2,26,27,28). The van der Waals surface area contributed by atoms with E-state index >= 15 is 4.39 Å². The Morgan fingerprint density at radius 3 is 2.55 bits per heavy atom. The Hall–Kier alpha value is -3.87. The Bertz CT molecular complexity index is 1440. The van der Waals surface area contributed by atoms with Gasteiger partial charge in [0.2, 0.25) is 0 Å². The summed E-state index contributed by atoms with van der Waals surface area (Å²) >= 11 is 0. The molecule has 1 aliphatic carbocycles. The van der Waals surface area contributed by atoms with Gasteiger partial charge in [-0.3, -0.25) is 0 Å². The summed E-state index contributed by atoms with van der Waals surface area (Å²) in [6.07, 6.45) is 4.67. The lowest BCUT2D eigenvalue weighted by Gasteiger charge is -2.23. The molecule has 2 N–H and O–H groups in total. The monoisotopic (exact) mass is 410 g/mol. The van der Waals surface area contributed by atoms with E-state index in [1.807, 2.05) is 48.5 Å². The first-order valence-electron chi connectivity index (χ1n) is 10.3. The number of hydrogen-bond acceptors (Lipinski definition) is 5. The van der Waals surface area contributed by atoms with E-state index < -0.39 is 5.82 Å². The lowest BCUT2D eigenvalue weighted by atomic mass is 9.85.